The zero-order valence-electron chi connectivity index (χ0n) is 13.8. The van der Waals surface area contributed by atoms with Crippen LogP contribution in [0, 0.1) is 20.8 Å². The third-order valence-corrected chi connectivity index (χ3v) is 4.06. The van der Waals surface area contributed by atoms with Crippen LogP contribution in [0.3, 0.4) is 0 Å². The molecule has 0 unspecified atom stereocenters. The van der Waals surface area contributed by atoms with E-state index in [-0.39, 0.29) is 12.3 Å². The number of hydrogen-bond acceptors (Lipinski definition) is 4. The molecule has 0 spiro atoms. The van der Waals surface area contributed by atoms with Gasteiger partial charge in [0, 0.05) is 25.0 Å². The summed E-state index contributed by atoms with van der Waals surface area (Å²) in [7, 11) is 1.79. The Labute approximate surface area is 134 Å². The maximum atomic E-state index is 12.4. The molecule has 0 saturated heterocycles. The third kappa shape index (κ3) is 2.97. The van der Waals surface area contributed by atoms with E-state index < -0.39 is 0 Å². The first-order valence-electron chi connectivity index (χ1n) is 7.54. The minimum atomic E-state index is 0.0195. The summed E-state index contributed by atoms with van der Waals surface area (Å²) in [6, 6.07) is 3.98. The lowest BCUT2D eigenvalue weighted by Gasteiger charge is -2.16. The first kappa shape index (κ1) is 15.3. The van der Waals surface area contributed by atoms with Gasteiger partial charge in [-0.15, -0.1) is 0 Å². The van der Waals surface area contributed by atoms with E-state index in [4.69, 9.17) is 4.52 Å². The number of amides is 1. The van der Waals surface area contributed by atoms with Crippen LogP contribution in [0.1, 0.15) is 28.3 Å². The summed E-state index contributed by atoms with van der Waals surface area (Å²) in [5.41, 5.74) is 4.55. The van der Waals surface area contributed by atoms with Gasteiger partial charge in [-0.2, -0.15) is 0 Å². The second-order valence-electron chi connectivity index (χ2n) is 5.88. The van der Waals surface area contributed by atoms with E-state index in [9.17, 15) is 4.79 Å². The largest absolute Gasteiger partial charge is 0.361 e. The van der Waals surface area contributed by atoms with Crippen LogP contribution < -0.4 is 0 Å². The summed E-state index contributed by atoms with van der Waals surface area (Å²) in [4.78, 5) is 18.7. The molecule has 0 atom stereocenters. The molecule has 0 aliphatic carbocycles. The average Bonchev–Trinajstić information content (AvgIpc) is 3.06. The SMILES string of the molecule is Cc1noc(C)c1CN(C)C(=O)Cc1cn2cccc(C)c2n1. The second kappa shape index (κ2) is 5.87. The number of aromatic nitrogens is 3. The lowest BCUT2D eigenvalue weighted by Crippen LogP contribution is -2.28. The van der Waals surface area contributed by atoms with E-state index in [1.807, 2.05) is 49.7 Å². The number of carbonyl (C=O) groups excluding carboxylic acids is 1. The van der Waals surface area contributed by atoms with Gasteiger partial charge in [0.2, 0.25) is 5.91 Å². The minimum absolute atomic E-state index is 0.0195. The number of nitrogens with zero attached hydrogens (tertiary/aromatic N) is 4. The second-order valence-corrected chi connectivity index (χ2v) is 5.88. The van der Waals surface area contributed by atoms with Gasteiger partial charge in [0.25, 0.3) is 0 Å². The van der Waals surface area contributed by atoms with Crippen molar-refractivity contribution in [2.75, 3.05) is 7.05 Å². The van der Waals surface area contributed by atoms with E-state index in [1.165, 1.54) is 0 Å². The molecular formula is C17H20N4O2. The number of imidazole rings is 1. The summed E-state index contributed by atoms with van der Waals surface area (Å²) >= 11 is 0. The predicted molar refractivity (Wildman–Crippen MR) is 86.1 cm³/mol. The molecule has 120 valence electrons. The molecule has 0 aromatic carbocycles. The molecule has 0 saturated carbocycles. The highest BCUT2D eigenvalue weighted by molar-refractivity contribution is 5.78. The van der Waals surface area contributed by atoms with Gasteiger partial charge in [-0.25, -0.2) is 4.98 Å². The summed E-state index contributed by atoms with van der Waals surface area (Å²) in [5.74, 6) is 0.775. The number of pyridine rings is 1. The highest BCUT2D eigenvalue weighted by atomic mass is 16.5. The van der Waals surface area contributed by atoms with Crippen molar-refractivity contribution in [2.45, 2.75) is 33.7 Å². The van der Waals surface area contributed by atoms with E-state index in [0.717, 1.165) is 33.9 Å². The van der Waals surface area contributed by atoms with E-state index >= 15 is 0 Å². The fourth-order valence-corrected chi connectivity index (χ4v) is 2.63. The zero-order chi connectivity index (χ0) is 16.6. The molecule has 0 aliphatic rings. The molecule has 0 aliphatic heterocycles. The average molecular weight is 312 g/mol. The summed E-state index contributed by atoms with van der Waals surface area (Å²) in [5, 5.41) is 3.92. The van der Waals surface area contributed by atoms with Gasteiger partial charge in [-0.05, 0) is 32.4 Å². The molecule has 0 fully saturated rings. The zero-order valence-corrected chi connectivity index (χ0v) is 13.8. The molecule has 3 heterocycles. The molecule has 0 bridgehead atoms. The van der Waals surface area contributed by atoms with Crippen molar-refractivity contribution < 1.29 is 9.32 Å². The number of carbonyl (C=O) groups is 1. The van der Waals surface area contributed by atoms with Gasteiger partial charge in [0.1, 0.15) is 11.4 Å². The Hall–Kier alpha value is -2.63. The predicted octanol–water partition coefficient (Wildman–Crippen LogP) is 2.45. The van der Waals surface area contributed by atoms with Gasteiger partial charge < -0.3 is 13.8 Å². The number of likely N-dealkylation sites (N-methyl/N-ethyl adjacent to an activating group) is 1. The van der Waals surface area contributed by atoms with Gasteiger partial charge >= 0.3 is 0 Å². The van der Waals surface area contributed by atoms with Crippen LogP contribution in [0.2, 0.25) is 0 Å². The summed E-state index contributed by atoms with van der Waals surface area (Å²) in [6.07, 6.45) is 4.13. The van der Waals surface area contributed by atoms with Crippen molar-refractivity contribution in [1.82, 2.24) is 19.4 Å². The Morgan fingerprint density at radius 3 is 2.78 bits per heavy atom. The smallest absolute Gasteiger partial charge is 0.228 e. The molecule has 1 amide bonds. The maximum absolute atomic E-state index is 12.4. The molecular weight excluding hydrogens is 292 g/mol. The number of rotatable bonds is 4. The molecule has 3 aromatic heterocycles. The number of fused-ring (bicyclic) bond motifs is 1. The van der Waals surface area contributed by atoms with Crippen LogP contribution in [0.25, 0.3) is 5.65 Å². The van der Waals surface area contributed by atoms with Gasteiger partial charge in [-0.3, -0.25) is 4.79 Å². The lowest BCUT2D eigenvalue weighted by molar-refractivity contribution is -0.129. The number of aryl methyl sites for hydroxylation is 3. The summed E-state index contributed by atoms with van der Waals surface area (Å²) in [6.45, 7) is 6.25. The normalized spacial score (nSPS) is 11.1. The lowest BCUT2D eigenvalue weighted by atomic mass is 10.2. The van der Waals surface area contributed by atoms with Gasteiger partial charge in [0.05, 0.1) is 24.4 Å². The molecule has 0 N–H and O–H groups in total. The molecule has 6 nitrogen and oxygen atoms in total. The van der Waals surface area contributed by atoms with Crippen molar-refractivity contribution in [1.29, 1.82) is 0 Å². The Morgan fingerprint density at radius 1 is 1.35 bits per heavy atom. The highest BCUT2D eigenvalue weighted by Gasteiger charge is 2.17. The third-order valence-electron chi connectivity index (χ3n) is 4.06. The molecule has 23 heavy (non-hydrogen) atoms. The van der Waals surface area contributed by atoms with Gasteiger partial charge in [0.15, 0.2) is 0 Å². The monoisotopic (exact) mass is 312 g/mol. The van der Waals surface area contributed by atoms with Crippen LogP contribution in [0.5, 0.6) is 0 Å². The maximum Gasteiger partial charge on any atom is 0.228 e. The van der Waals surface area contributed by atoms with Crippen LogP contribution in [0.15, 0.2) is 29.0 Å². The fraction of sp³-hybridized carbons (Fsp3) is 0.353. The van der Waals surface area contributed by atoms with Crippen molar-refractivity contribution in [3.05, 3.63) is 52.8 Å². The summed E-state index contributed by atoms with van der Waals surface area (Å²) < 4.78 is 7.09. The first-order chi connectivity index (χ1) is 11.0. The molecule has 6 heteroatoms. The van der Waals surface area contributed by atoms with Crippen LogP contribution in [-0.2, 0) is 17.8 Å². The van der Waals surface area contributed by atoms with Crippen molar-refractivity contribution in [3.63, 3.8) is 0 Å². The Kier molecular flexibility index (Phi) is 3.90. The minimum Gasteiger partial charge on any atom is -0.361 e. The Bertz CT molecular complexity index is 843. The van der Waals surface area contributed by atoms with E-state index in [1.54, 1.807) is 11.9 Å². The van der Waals surface area contributed by atoms with Crippen LogP contribution in [0.4, 0.5) is 0 Å². The topological polar surface area (TPSA) is 63.6 Å². The van der Waals surface area contributed by atoms with Gasteiger partial charge in [-0.1, -0.05) is 11.2 Å². The Balaban J connectivity index is 1.73. The fourth-order valence-electron chi connectivity index (χ4n) is 2.63. The quantitative estimate of drug-likeness (QED) is 0.742. The highest BCUT2D eigenvalue weighted by Crippen LogP contribution is 2.15. The van der Waals surface area contributed by atoms with Crippen molar-refractivity contribution in [2.24, 2.45) is 0 Å². The van der Waals surface area contributed by atoms with E-state index in [0.29, 0.717) is 6.54 Å². The molecule has 3 aromatic rings. The van der Waals surface area contributed by atoms with Crippen molar-refractivity contribution in [3.8, 4) is 0 Å². The number of hydrogen-bond donors (Lipinski definition) is 0. The first-order valence-corrected chi connectivity index (χ1v) is 7.54. The Morgan fingerprint density at radius 2 is 2.13 bits per heavy atom. The van der Waals surface area contributed by atoms with Crippen LogP contribution in [-0.4, -0.2) is 32.4 Å². The van der Waals surface area contributed by atoms with Crippen LogP contribution >= 0.6 is 0 Å². The van der Waals surface area contributed by atoms with E-state index in [2.05, 4.69) is 10.1 Å². The standard InChI is InChI=1S/C17H20N4O2/c1-11-6-5-7-21-9-14(18-17(11)21)8-16(22)20(4)10-15-12(2)19-23-13(15)3/h5-7,9H,8,10H2,1-4H3. The van der Waals surface area contributed by atoms with Crippen molar-refractivity contribution >= 4 is 11.6 Å². The molecule has 3 rings (SSSR count). The molecule has 0 radical (unpaired) electrons.